The molecule has 0 aliphatic carbocycles. The van der Waals surface area contributed by atoms with Gasteiger partial charge in [-0.2, -0.15) is 0 Å². The summed E-state index contributed by atoms with van der Waals surface area (Å²) in [5, 5.41) is 3.40. The van der Waals surface area contributed by atoms with Gasteiger partial charge in [0.25, 0.3) is 0 Å². The van der Waals surface area contributed by atoms with Crippen molar-refractivity contribution < 1.29 is 9.53 Å². The van der Waals surface area contributed by atoms with Crippen molar-refractivity contribution in [3.8, 4) is 0 Å². The fourth-order valence-electron chi connectivity index (χ4n) is 2.51. The number of hydrogen-bond donors (Lipinski definition) is 1. The van der Waals surface area contributed by atoms with E-state index in [0.29, 0.717) is 5.92 Å². The first kappa shape index (κ1) is 18.3. The molecule has 0 radical (unpaired) electrons. The van der Waals surface area contributed by atoms with Crippen molar-refractivity contribution in [3.63, 3.8) is 0 Å². The number of carbonyl (C=O) groups is 1. The van der Waals surface area contributed by atoms with Crippen LogP contribution in [0.5, 0.6) is 0 Å². The maximum absolute atomic E-state index is 11.8. The van der Waals surface area contributed by atoms with Crippen molar-refractivity contribution in [3.05, 3.63) is 35.9 Å². The number of benzene rings is 1. The molecule has 1 fully saturated rings. The highest BCUT2D eigenvalue weighted by atomic mass is 16.5. The van der Waals surface area contributed by atoms with Crippen LogP contribution in [0.15, 0.2) is 35.3 Å². The van der Waals surface area contributed by atoms with Gasteiger partial charge in [0.2, 0.25) is 5.91 Å². The smallest absolute Gasteiger partial charge is 0.243 e. The minimum Gasteiger partial charge on any atom is -0.381 e. The van der Waals surface area contributed by atoms with Gasteiger partial charge in [-0.25, -0.2) is 4.99 Å². The van der Waals surface area contributed by atoms with Crippen LogP contribution >= 0.6 is 0 Å². The van der Waals surface area contributed by atoms with Crippen LogP contribution in [0.3, 0.4) is 0 Å². The lowest BCUT2D eigenvalue weighted by molar-refractivity contribution is -0.127. The third kappa shape index (κ3) is 5.85. The Balaban J connectivity index is 1.99. The van der Waals surface area contributed by atoms with Crippen LogP contribution in [-0.4, -0.2) is 69.1 Å². The highest BCUT2D eigenvalue weighted by Gasteiger charge is 2.17. The fourth-order valence-corrected chi connectivity index (χ4v) is 2.51. The van der Waals surface area contributed by atoms with E-state index >= 15 is 0 Å². The summed E-state index contributed by atoms with van der Waals surface area (Å²) in [5.74, 6) is 1.25. The van der Waals surface area contributed by atoms with Gasteiger partial charge in [-0.3, -0.25) is 4.79 Å². The Bertz CT molecular complexity index is 539. The zero-order chi connectivity index (χ0) is 17.4. The molecule has 1 saturated heterocycles. The molecule has 6 nitrogen and oxygen atoms in total. The van der Waals surface area contributed by atoms with Crippen molar-refractivity contribution >= 4 is 11.9 Å². The topological polar surface area (TPSA) is 57.2 Å². The Hall–Kier alpha value is -2.08. The van der Waals surface area contributed by atoms with Crippen LogP contribution in [0.25, 0.3) is 0 Å². The average molecular weight is 332 g/mol. The zero-order valence-corrected chi connectivity index (χ0v) is 14.9. The predicted octanol–water partition coefficient (Wildman–Crippen LogP) is 1.19. The number of ether oxygens (including phenoxy) is 1. The second-order valence-electron chi connectivity index (χ2n) is 6.38. The van der Waals surface area contributed by atoms with E-state index in [1.165, 1.54) is 5.56 Å². The van der Waals surface area contributed by atoms with Crippen molar-refractivity contribution in [1.82, 2.24) is 15.1 Å². The molecular weight excluding hydrogens is 304 g/mol. The molecule has 0 saturated carbocycles. The van der Waals surface area contributed by atoms with Gasteiger partial charge in [0.1, 0.15) is 6.54 Å². The average Bonchev–Trinajstić information content (AvgIpc) is 3.08. The lowest BCUT2D eigenvalue weighted by atomic mass is 10.1. The number of nitrogens with one attached hydrogen (secondary N) is 1. The van der Waals surface area contributed by atoms with Crippen LogP contribution in [0, 0.1) is 5.92 Å². The Labute approximate surface area is 144 Å². The molecule has 1 aliphatic heterocycles. The van der Waals surface area contributed by atoms with Gasteiger partial charge in [0.05, 0.1) is 6.61 Å². The number of rotatable bonds is 6. The summed E-state index contributed by atoms with van der Waals surface area (Å²) in [4.78, 5) is 20.0. The summed E-state index contributed by atoms with van der Waals surface area (Å²) in [6.07, 6.45) is 1.07. The number of hydrogen-bond acceptors (Lipinski definition) is 3. The van der Waals surface area contributed by atoms with Crippen LogP contribution < -0.4 is 5.32 Å². The first-order valence-corrected chi connectivity index (χ1v) is 8.37. The second kappa shape index (κ2) is 9.27. The van der Waals surface area contributed by atoms with E-state index in [-0.39, 0.29) is 12.5 Å². The summed E-state index contributed by atoms with van der Waals surface area (Å²) < 4.78 is 5.42. The second-order valence-corrected chi connectivity index (χ2v) is 6.38. The van der Waals surface area contributed by atoms with Gasteiger partial charge in [0, 0.05) is 46.8 Å². The quantitative estimate of drug-likeness (QED) is 0.628. The number of carbonyl (C=O) groups excluding carboxylic acids is 1. The van der Waals surface area contributed by atoms with E-state index in [1.54, 1.807) is 19.0 Å². The number of likely N-dealkylation sites (N-methyl/N-ethyl adjacent to an activating group) is 1. The normalized spacial score (nSPS) is 17.6. The van der Waals surface area contributed by atoms with Crippen LogP contribution in [0.2, 0.25) is 0 Å². The van der Waals surface area contributed by atoms with Crippen LogP contribution in [0.1, 0.15) is 12.0 Å². The Kier molecular flexibility index (Phi) is 7.06. The molecule has 0 spiro atoms. The monoisotopic (exact) mass is 332 g/mol. The van der Waals surface area contributed by atoms with E-state index in [2.05, 4.69) is 22.4 Å². The van der Waals surface area contributed by atoms with Crippen LogP contribution in [0.4, 0.5) is 0 Å². The van der Waals surface area contributed by atoms with E-state index < -0.39 is 0 Å². The van der Waals surface area contributed by atoms with Gasteiger partial charge in [-0.05, 0) is 12.0 Å². The number of aliphatic imine (C=N–C) groups is 1. The highest BCUT2D eigenvalue weighted by Crippen LogP contribution is 2.11. The summed E-state index contributed by atoms with van der Waals surface area (Å²) in [6.45, 7) is 3.32. The van der Waals surface area contributed by atoms with Gasteiger partial charge in [-0.15, -0.1) is 0 Å². The lowest BCUT2D eigenvalue weighted by Crippen LogP contribution is -2.41. The molecular formula is C18H28N4O2. The van der Waals surface area contributed by atoms with Gasteiger partial charge >= 0.3 is 0 Å². The lowest BCUT2D eigenvalue weighted by Gasteiger charge is -2.24. The molecule has 6 heteroatoms. The standard InChI is InChI=1S/C18H28N4O2/c1-21(2)17(23)12-20-18(19-11-16-9-10-24-14-16)22(3)13-15-7-5-4-6-8-15/h4-8,16H,9-14H2,1-3H3,(H,19,20). The van der Waals surface area contributed by atoms with Crippen molar-refractivity contribution in [2.75, 3.05) is 47.4 Å². The summed E-state index contributed by atoms with van der Waals surface area (Å²) in [7, 11) is 5.48. The largest absolute Gasteiger partial charge is 0.381 e. The molecule has 1 aromatic rings. The Morgan fingerprint density at radius 2 is 2.04 bits per heavy atom. The number of nitrogens with zero attached hydrogens (tertiary/aromatic N) is 3. The summed E-state index contributed by atoms with van der Waals surface area (Å²) >= 11 is 0. The molecule has 0 bridgehead atoms. The van der Waals surface area contributed by atoms with Gasteiger partial charge in [-0.1, -0.05) is 30.3 Å². The zero-order valence-electron chi connectivity index (χ0n) is 14.9. The number of guanidine groups is 1. The summed E-state index contributed by atoms with van der Waals surface area (Å²) in [6, 6.07) is 10.2. The molecule has 0 aromatic heterocycles. The number of amides is 1. The highest BCUT2D eigenvalue weighted by molar-refractivity contribution is 5.84. The molecule has 1 aliphatic rings. The van der Waals surface area contributed by atoms with Gasteiger partial charge < -0.3 is 19.9 Å². The maximum Gasteiger partial charge on any atom is 0.243 e. The Morgan fingerprint density at radius 3 is 2.67 bits per heavy atom. The Morgan fingerprint density at radius 1 is 1.29 bits per heavy atom. The molecule has 2 rings (SSSR count). The predicted molar refractivity (Wildman–Crippen MR) is 95.8 cm³/mol. The molecule has 1 heterocycles. The molecule has 1 atom stereocenters. The van der Waals surface area contributed by atoms with E-state index in [4.69, 9.17) is 4.74 Å². The fraction of sp³-hybridized carbons (Fsp3) is 0.556. The third-order valence-electron chi connectivity index (χ3n) is 4.06. The molecule has 24 heavy (non-hydrogen) atoms. The first-order chi connectivity index (χ1) is 11.6. The van der Waals surface area contributed by atoms with E-state index in [1.807, 2.05) is 30.1 Å². The maximum atomic E-state index is 11.8. The van der Waals surface area contributed by atoms with Crippen molar-refractivity contribution in [2.24, 2.45) is 10.9 Å². The SMILES string of the molecule is CN(C)C(=O)CN=C(NCC1CCOC1)N(C)Cc1ccccc1. The third-order valence-corrected chi connectivity index (χ3v) is 4.06. The minimum absolute atomic E-state index is 0.00777. The van der Waals surface area contributed by atoms with Crippen LogP contribution in [-0.2, 0) is 16.1 Å². The molecule has 1 amide bonds. The van der Waals surface area contributed by atoms with E-state index in [0.717, 1.165) is 38.7 Å². The van der Waals surface area contributed by atoms with Crippen molar-refractivity contribution in [1.29, 1.82) is 0 Å². The summed E-state index contributed by atoms with van der Waals surface area (Å²) in [5.41, 5.74) is 1.21. The molecule has 1 unspecified atom stereocenters. The first-order valence-electron chi connectivity index (χ1n) is 8.37. The molecule has 1 aromatic carbocycles. The molecule has 1 N–H and O–H groups in total. The van der Waals surface area contributed by atoms with E-state index in [9.17, 15) is 4.79 Å². The van der Waals surface area contributed by atoms with Crippen molar-refractivity contribution in [2.45, 2.75) is 13.0 Å². The van der Waals surface area contributed by atoms with Gasteiger partial charge in [0.15, 0.2) is 5.96 Å². The minimum atomic E-state index is -0.00777. The molecule has 132 valence electrons.